The molecule has 0 saturated heterocycles. The number of nitrogens with one attached hydrogen (secondary N) is 1. The van der Waals surface area contributed by atoms with Crippen LogP contribution in [0.25, 0.3) is 5.69 Å². The lowest BCUT2D eigenvalue weighted by Gasteiger charge is -2.09. The first-order valence-electron chi connectivity index (χ1n) is 5.27. The third-order valence-corrected chi connectivity index (χ3v) is 2.44. The average Bonchev–Trinajstić information content (AvgIpc) is 2.71. The van der Waals surface area contributed by atoms with Gasteiger partial charge >= 0.3 is 5.69 Å². The van der Waals surface area contributed by atoms with E-state index in [2.05, 4.69) is 10.2 Å². The summed E-state index contributed by atoms with van der Waals surface area (Å²) in [6.07, 6.45) is 0.525. The first-order valence-corrected chi connectivity index (χ1v) is 5.27. The fraction of sp³-hybridized carbons (Fsp3) is 0.273. The predicted molar refractivity (Wildman–Crippen MR) is 63.5 cm³/mol. The van der Waals surface area contributed by atoms with E-state index in [9.17, 15) is 4.79 Å². The molecule has 1 heterocycles. The maximum absolute atomic E-state index is 11.7. The van der Waals surface area contributed by atoms with Crippen molar-refractivity contribution < 1.29 is 4.74 Å². The Kier molecular flexibility index (Phi) is 3.24. The van der Waals surface area contributed by atoms with E-state index in [0.717, 1.165) is 0 Å². The molecule has 0 aliphatic heterocycles. The fourth-order valence-corrected chi connectivity index (χ4v) is 1.69. The van der Waals surface area contributed by atoms with Gasteiger partial charge in [0.2, 0.25) is 0 Å². The summed E-state index contributed by atoms with van der Waals surface area (Å²) in [5, 5.41) is 6.37. The molecule has 0 saturated carbocycles. The molecule has 90 valence electrons. The molecule has 2 rings (SSSR count). The third kappa shape index (κ3) is 2.07. The molecular weight excluding hydrogens is 220 g/mol. The Bertz CT molecular complexity index is 559. The summed E-state index contributed by atoms with van der Waals surface area (Å²) in [5.41, 5.74) is 5.86. The van der Waals surface area contributed by atoms with Gasteiger partial charge in [-0.05, 0) is 18.7 Å². The maximum atomic E-state index is 11.7. The quantitative estimate of drug-likeness (QED) is 0.783. The lowest BCUT2D eigenvalue weighted by atomic mass is 10.2. The minimum Gasteiger partial charge on any atom is -0.495 e. The van der Waals surface area contributed by atoms with E-state index >= 15 is 0 Å². The zero-order chi connectivity index (χ0) is 12.3. The summed E-state index contributed by atoms with van der Waals surface area (Å²) in [5.74, 6) is 1.22. The molecule has 0 spiro atoms. The number of methoxy groups -OCH3 is 1. The number of hydrogen-bond donors (Lipinski definition) is 2. The summed E-state index contributed by atoms with van der Waals surface area (Å²) in [6, 6.07) is 7.27. The van der Waals surface area contributed by atoms with Gasteiger partial charge in [0.05, 0.1) is 12.8 Å². The van der Waals surface area contributed by atoms with Crippen LogP contribution in [0.4, 0.5) is 0 Å². The maximum Gasteiger partial charge on any atom is 0.348 e. The van der Waals surface area contributed by atoms with Crippen molar-refractivity contribution in [3.05, 3.63) is 40.6 Å². The van der Waals surface area contributed by atoms with Crippen LogP contribution in [0.15, 0.2) is 29.1 Å². The lowest BCUT2D eigenvalue weighted by molar-refractivity contribution is 0.412. The van der Waals surface area contributed by atoms with Gasteiger partial charge < -0.3 is 10.5 Å². The highest BCUT2D eigenvalue weighted by Crippen LogP contribution is 2.21. The Balaban J connectivity index is 2.59. The monoisotopic (exact) mass is 234 g/mol. The number of aromatic nitrogens is 3. The van der Waals surface area contributed by atoms with E-state index < -0.39 is 0 Å². The van der Waals surface area contributed by atoms with Gasteiger partial charge in [-0.25, -0.2) is 14.5 Å². The second-order valence-corrected chi connectivity index (χ2v) is 3.49. The van der Waals surface area contributed by atoms with Crippen LogP contribution < -0.4 is 16.2 Å². The zero-order valence-corrected chi connectivity index (χ0v) is 9.51. The molecule has 1 aromatic carbocycles. The number of aromatic amines is 1. The van der Waals surface area contributed by atoms with Gasteiger partial charge in [0.25, 0.3) is 0 Å². The van der Waals surface area contributed by atoms with Gasteiger partial charge in [-0.15, -0.1) is 0 Å². The highest BCUT2D eigenvalue weighted by molar-refractivity contribution is 5.46. The molecule has 1 aromatic heterocycles. The Morgan fingerprint density at radius 3 is 2.94 bits per heavy atom. The molecule has 0 fully saturated rings. The van der Waals surface area contributed by atoms with Gasteiger partial charge in [-0.2, -0.15) is 5.10 Å². The van der Waals surface area contributed by atoms with Crippen LogP contribution in [0, 0.1) is 0 Å². The molecule has 0 aliphatic carbocycles. The smallest absolute Gasteiger partial charge is 0.348 e. The lowest BCUT2D eigenvalue weighted by Crippen LogP contribution is -2.19. The number of nitrogens with two attached hydrogens (primary N) is 1. The molecule has 6 heteroatoms. The predicted octanol–water partition coefficient (Wildman–Crippen LogP) is 0.0704. The minimum atomic E-state index is -0.294. The van der Waals surface area contributed by atoms with Crippen LogP contribution in [0.5, 0.6) is 5.75 Å². The van der Waals surface area contributed by atoms with Crippen molar-refractivity contribution in [3.63, 3.8) is 0 Å². The summed E-state index contributed by atoms with van der Waals surface area (Å²) in [4.78, 5) is 11.7. The summed E-state index contributed by atoms with van der Waals surface area (Å²) >= 11 is 0. The summed E-state index contributed by atoms with van der Waals surface area (Å²) in [6.45, 7) is 0.430. The molecule has 0 aliphatic rings. The largest absolute Gasteiger partial charge is 0.495 e. The molecule has 0 atom stereocenters. The van der Waals surface area contributed by atoms with E-state index in [1.54, 1.807) is 19.2 Å². The van der Waals surface area contributed by atoms with Crippen LogP contribution in [0.3, 0.4) is 0 Å². The van der Waals surface area contributed by atoms with Crippen LogP contribution in [0.2, 0.25) is 0 Å². The summed E-state index contributed by atoms with van der Waals surface area (Å²) < 4.78 is 6.70. The average molecular weight is 234 g/mol. The van der Waals surface area contributed by atoms with E-state index in [-0.39, 0.29) is 5.69 Å². The number of benzene rings is 1. The molecular formula is C11H14N4O2. The van der Waals surface area contributed by atoms with Crippen LogP contribution in [-0.4, -0.2) is 28.4 Å². The molecule has 0 radical (unpaired) electrons. The Morgan fingerprint density at radius 2 is 2.24 bits per heavy atom. The molecule has 6 nitrogen and oxygen atoms in total. The number of ether oxygens (including phenoxy) is 1. The van der Waals surface area contributed by atoms with Crippen LogP contribution in [-0.2, 0) is 6.42 Å². The van der Waals surface area contributed by atoms with E-state index in [1.807, 2.05) is 12.1 Å². The van der Waals surface area contributed by atoms with Gasteiger partial charge in [0, 0.05) is 6.42 Å². The third-order valence-electron chi connectivity index (χ3n) is 2.44. The Hall–Kier alpha value is -2.08. The number of rotatable bonds is 4. The normalized spacial score (nSPS) is 10.5. The zero-order valence-electron chi connectivity index (χ0n) is 9.51. The Labute approximate surface area is 98.0 Å². The highest BCUT2D eigenvalue weighted by Gasteiger charge is 2.12. The minimum absolute atomic E-state index is 0.294. The summed E-state index contributed by atoms with van der Waals surface area (Å²) in [7, 11) is 1.56. The SMILES string of the molecule is COc1ccccc1-n1c(CCN)n[nH]c1=O. The van der Waals surface area contributed by atoms with Gasteiger partial charge in [-0.1, -0.05) is 12.1 Å². The molecule has 3 N–H and O–H groups in total. The van der Waals surface area contributed by atoms with Gasteiger partial charge in [-0.3, -0.25) is 0 Å². The Morgan fingerprint density at radius 1 is 1.47 bits per heavy atom. The molecule has 0 amide bonds. The van der Waals surface area contributed by atoms with Crippen molar-refractivity contribution in [1.29, 1.82) is 0 Å². The molecule has 17 heavy (non-hydrogen) atoms. The van der Waals surface area contributed by atoms with Crippen molar-refractivity contribution in [3.8, 4) is 11.4 Å². The first-order chi connectivity index (χ1) is 8.27. The second-order valence-electron chi connectivity index (χ2n) is 3.49. The second kappa shape index (κ2) is 4.84. The van der Waals surface area contributed by atoms with Crippen LogP contribution >= 0.6 is 0 Å². The van der Waals surface area contributed by atoms with Crippen molar-refractivity contribution in [2.75, 3.05) is 13.7 Å². The molecule has 0 bridgehead atoms. The van der Waals surface area contributed by atoms with Crippen molar-refractivity contribution >= 4 is 0 Å². The van der Waals surface area contributed by atoms with Crippen molar-refractivity contribution in [2.24, 2.45) is 5.73 Å². The number of nitrogens with zero attached hydrogens (tertiary/aromatic N) is 2. The number of hydrogen-bond acceptors (Lipinski definition) is 4. The van der Waals surface area contributed by atoms with E-state index in [0.29, 0.717) is 30.2 Å². The topological polar surface area (TPSA) is 85.9 Å². The van der Waals surface area contributed by atoms with Crippen LogP contribution in [0.1, 0.15) is 5.82 Å². The first kappa shape index (κ1) is 11.4. The standard InChI is InChI=1S/C11H14N4O2/c1-17-9-5-3-2-4-8(9)15-10(6-7-12)13-14-11(15)16/h2-5H,6-7,12H2,1H3,(H,14,16). The van der Waals surface area contributed by atoms with Gasteiger partial charge in [0.15, 0.2) is 0 Å². The molecule has 0 unspecified atom stereocenters. The van der Waals surface area contributed by atoms with Crippen molar-refractivity contribution in [1.82, 2.24) is 14.8 Å². The highest BCUT2D eigenvalue weighted by atomic mass is 16.5. The fourth-order valence-electron chi connectivity index (χ4n) is 1.69. The van der Waals surface area contributed by atoms with E-state index in [1.165, 1.54) is 4.57 Å². The molecule has 2 aromatic rings. The van der Waals surface area contributed by atoms with Crippen molar-refractivity contribution in [2.45, 2.75) is 6.42 Å². The number of H-pyrrole nitrogens is 1. The van der Waals surface area contributed by atoms with Gasteiger partial charge in [0.1, 0.15) is 11.6 Å². The number of para-hydroxylation sites is 2. The van der Waals surface area contributed by atoms with E-state index in [4.69, 9.17) is 10.5 Å².